The molecule has 0 aromatic heterocycles. The minimum atomic E-state index is -0.369. The first kappa shape index (κ1) is 17.4. The molecule has 1 aliphatic heterocycles. The normalized spacial score (nSPS) is 17.5. The summed E-state index contributed by atoms with van der Waals surface area (Å²) in [6, 6.07) is 7.83. The Balaban J connectivity index is 2.27. The average Bonchev–Trinajstić information content (AvgIpc) is 2.54. The minimum absolute atomic E-state index is 0.220. The zero-order valence-corrected chi connectivity index (χ0v) is 14.5. The smallest absolute Gasteiger partial charge is 0.338 e. The molecule has 0 aliphatic carbocycles. The van der Waals surface area contributed by atoms with E-state index in [1.54, 1.807) is 7.11 Å². The number of hydrogen-bond acceptors (Lipinski definition) is 4. The maximum atomic E-state index is 12.4. The Hall–Kier alpha value is -1.92. The first-order valence-electron chi connectivity index (χ1n) is 7.60. The number of aryl methyl sites for hydroxylation is 1. The number of nitrogens with one attached hydrogen (secondary N) is 2. The van der Waals surface area contributed by atoms with Crippen LogP contribution in [0.3, 0.4) is 0 Å². The van der Waals surface area contributed by atoms with Gasteiger partial charge in [0.05, 0.1) is 18.2 Å². The molecule has 0 saturated heterocycles. The molecular weight excluding hydrogens is 312 g/mol. The second kappa shape index (κ2) is 8.08. The van der Waals surface area contributed by atoms with E-state index in [1.165, 1.54) is 5.56 Å². The number of benzene rings is 1. The van der Waals surface area contributed by atoms with E-state index < -0.39 is 0 Å². The molecule has 0 spiro atoms. The van der Waals surface area contributed by atoms with E-state index in [9.17, 15) is 4.79 Å². The summed E-state index contributed by atoms with van der Waals surface area (Å²) in [4.78, 5) is 12.4. The monoisotopic (exact) mass is 334 g/mol. The van der Waals surface area contributed by atoms with Crippen molar-refractivity contribution < 1.29 is 14.3 Å². The number of thiocarbonyl (C=S) groups is 1. The maximum Gasteiger partial charge on any atom is 0.338 e. The van der Waals surface area contributed by atoms with Crippen LogP contribution < -0.4 is 10.6 Å². The Morgan fingerprint density at radius 1 is 1.26 bits per heavy atom. The molecule has 2 N–H and O–H groups in total. The van der Waals surface area contributed by atoms with Gasteiger partial charge in [0.1, 0.15) is 6.61 Å². The van der Waals surface area contributed by atoms with Gasteiger partial charge >= 0.3 is 5.97 Å². The minimum Gasteiger partial charge on any atom is -0.460 e. The Morgan fingerprint density at radius 3 is 2.57 bits per heavy atom. The summed E-state index contributed by atoms with van der Waals surface area (Å²) < 4.78 is 10.2. The average molecular weight is 334 g/mol. The van der Waals surface area contributed by atoms with Crippen molar-refractivity contribution >= 4 is 23.3 Å². The van der Waals surface area contributed by atoms with Gasteiger partial charge in [0, 0.05) is 12.8 Å². The van der Waals surface area contributed by atoms with Crippen LogP contribution in [0.4, 0.5) is 0 Å². The van der Waals surface area contributed by atoms with E-state index in [2.05, 4.69) is 29.7 Å². The van der Waals surface area contributed by atoms with Crippen molar-refractivity contribution in [2.24, 2.45) is 0 Å². The summed E-state index contributed by atoms with van der Waals surface area (Å²) in [6.45, 7) is 4.52. The molecule has 0 fully saturated rings. The molecule has 1 atom stereocenters. The fourth-order valence-electron chi connectivity index (χ4n) is 2.46. The van der Waals surface area contributed by atoms with Crippen molar-refractivity contribution in [2.75, 3.05) is 20.3 Å². The van der Waals surface area contributed by atoms with Gasteiger partial charge in [0.2, 0.25) is 0 Å². The van der Waals surface area contributed by atoms with Crippen LogP contribution in [0.2, 0.25) is 0 Å². The Morgan fingerprint density at radius 2 is 1.96 bits per heavy atom. The van der Waals surface area contributed by atoms with Gasteiger partial charge in [-0.3, -0.25) is 0 Å². The first-order chi connectivity index (χ1) is 11.1. The van der Waals surface area contributed by atoms with Crippen LogP contribution >= 0.6 is 12.2 Å². The highest BCUT2D eigenvalue weighted by atomic mass is 32.1. The summed E-state index contributed by atoms with van der Waals surface area (Å²) in [5.74, 6) is -0.369. The van der Waals surface area contributed by atoms with E-state index >= 15 is 0 Å². The van der Waals surface area contributed by atoms with Crippen LogP contribution in [-0.2, 0) is 20.7 Å². The van der Waals surface area contributed by atoms with Gasteiger partial charge < -0.3 is 20.1 Å². The van der Waals surface area contributed by atoms with Gasteiger partial charge in [-0.2, -0.15) is 0 Å². The van der Waals surface area contributed by atoms with Crippen LogP contribution in [-0.4, -0.2) is 31.4 Å². The van der Waals surface area contributed by atoms with Crippen molar-refractivity contribution in [3.05, 3.63) is 46.7 Å². The molecule has 1 heterocycles. The fraction of sp³-hybridized carbons (Fsp3) is 0.412. The van der Waals surface area contributed by atoms with Gasteiger partial charge in [-0.05, 0) is 36.7 Å². The molecule has 5 nitrogen and oxygen atoms in total. The standard InChI is InChI=1S/C17H22N2O3S/c1-4-12-5-7-13(8-6-12)15-14(11(2)18-17(23)19-15)16(20)22-10-9-21-3/h5-8,15H,4,9-10H2,1-3H3,(H2,18,19,23)/t15-/m0/s1. The highest BCUT2D eigenvalue weighted by Crippen LogP contribution is 2.27. The largest absolute Gasteiger partial charge is 0.460 e. The number of carbonyl (C=O) groups excluding carboxylic acids is 1. The lowest BCUT2D eigenvalue weighted by Gasteiger charge is -2.30. The van der Waals surface area contributed by atoms with Crippen molar-refractivity contribution in [3.8, 4) is 0 Å². The quantitative estimate of drug-likeness (QED) is 0.473. The lowest BCUT2D eigenvalue weighted by atomic mass is 9.94. The second-order valence-electron chi connectivity index (χ2n) is 5.29. The topological polar surface area (TPSA) is 59.6 Å². The molecule has 2 rings (SSSR count). The van der Waals surface area contributed by atoms with Crippen molar-refractivity contribution in [1.29, 1.82) is 0 Å². The van der Waals surface area contributed by atoms with Gasteiger partial charge in [-0.25, -0.2) is 4.79 Å². The van der Waals surface area contributed by atoms with Gasteiger partial charge in [-0.1, -0.05) is 31.2 Å². The first-order valence-corrected chi connectivity index (χ1v) is 8.00. The molecule has 1 aromatic rings. The third-order valence-corrected chi connectivity index (χ3v) is 3.95. The van der Waals surface area contributed by atoms with Crippen LogP contribution in [0.15, 0.2) is 35.5 Å². The van der Waals surface area contributed by atoms with Gasteiger partial charge in [0.15, 0.2) is 5.11 Å². The molecule has 1 aliphatic rings. The zero-order chi connectivity index (χ0) is 16.8. The SMILES string of the molecule is CCc1ccc([C@@H]2NC(=S)NC(C)=C2C(=O)OCCOC)cc1. The Labute approximate surface area is 142 Å². The third-order valence-electron chi connectivity index (χ3n) is 3.73. The van der Waals surface area contributed by atoms with E-state index in [0.717, 1.165) is 12.0 Å². The van der Waals surface area contributed by atoms with Crippen molar-refractivity contribution in [2.45, 2.75) is 26.3 Å². The number of ether oxygens (including phenoxy) is 2. The van der Waals surface area contributed by atoms with Gasteiger partial charge in [0.25, 0.3) is 0 Å². The summed E-state index contributed by atoms with van der Waals surface area (Å²) >= 11 is 5.23. The number of esters is 1. The van der Waals surface area contributed by atoms with E-state index in [0.29, 0.717) is 23.0 Å². The number of methoxy groups -OCH3 is 1. The molecule has 1 aromatic carbocycles. The molecule has 6 heteroatoms. The molecule has 0 unspecified atom stereocenters. The number of carbonyl (C=O) groups is 1. The maximum absolute atomic E-state index is 12.4. The number of allylic oxidation sites excluding steroid dienone is 1. The molecule has 0 amide bonds. The van der Waals surface area contributed by atoms with Crippen molar-refractivity contribution in [3.63, 3.8) is 0 Å². The van der Waals surface area contributed by atoms with Crippen LogP contribution in [0.25, 0.3) is 0 Å². The van der Waals surface area contributed by atoms with Crippen LogP contribution in [0.1, 0.15) is 31.0 Å². The number of hydrogen-bond donors (Lipinski definition) is 2. The molecule has 0 radical (unpaired) electrons. The third kappa shape index (κ3) is 4.30. The summed E-state index contributed by atoms with van der Waals surface area (Å²) in [5.41, 5.74) is 3.47. The molecule has 124 valence electrons. The molecule has 23 heavy (non-hydrogen) atoms. The molecule has 0 saturated carbocycles. The lowest BCUT2D eigenvalue weighted by Crippen LogP contribution is -2.45. The summed E-state index contributed by atoms with van der Waals surface area (Å²) in [5, 5.41) is 6.64. The van der Waals surface area contributed by atoms with E-state index in [-0.39, 0.29) is 18.6 Å². The molecule has 0 bridgehead atoms. The van der Waals surface area contributed by atoms with Crippen LogP contribution in [0.5, 0.6) is 0 Å². The van der Waals surface area contributed by atoms with E-state index in [1.807, 2.05) is 19.1 Å². The zero-order valence-electron chi connectivity index (χ0n) is 13.6. The Kier molecular flexibility index (Phi) is 6.12. The van der Waals surface area contributed by atoms with Gasteiger partial charge in [-0.15, -0.1) is 0 Å². The number of rotatable bonds is 6. The van der Waals surface area contributed by atoms with Crippen molar-refractivity contribution in [1.82, 2.24) is 10.6 Å². The second-order valence-corrected chi connectivity index (χ2v) is 5.70. The predicted octanol–water partition coefficient (Wildman–Crippen LogP) is 2.23. The summed E-state index contributed by atoms with van der Waals surface area (Å²) in [7, 11) is 1.57. The highest BCUT2D eigenvalue weighted by Gasteiger charge is 2.30. The predicted molar refractivity (Wildman–Crippen MR) is 93.0 cm³/mol. The van der Waals surface area contributed by atoms with Crippen LogP contribution in [0, 0.1) is 0 Å². The fourth-order valence-corrected chi connectivity index (χ4v) is 2.73. The molecular formula is C17H22N2O3S. The highest BCUT2D eigenvalue weighted by molar-refractivity contribution is 7.80. The lowest BCUT2D eigenvalue weighted by molar-refractivity contribution is -0.140. The van der Waals surface area contributed by atoms with E-state index in [4.69, 9.17) is 21.7 Å². The summed E-state index contributed by atoms with van der Waals surface area (Å²) in [6.07, 6.45) is 0.971. The Bertz CT molecular complexity index is 611.